The molecule has 4 nitrogen and oxygen atoms in total. The Bertz CT molecular complexity index is 567. The number of amides is 1. The second-order valence-electron chi connectivity index (χ2n) is 6.97. The average Bonchev–Trinajstić information content (AvgIpc) is 3.05. The number of carbonyl (C=O) groups is 1. The second kappa shape index (κ2) is 7.98. The molecular weight excluding hydrogens is 370 g/mol. The van der Waals surface area contributed by atoms with Crippen molar-refractivity contribution in [3.05, 3.63) is 34.3 Å². The normalized spacial score (nSPS) is 23.5. The number of halogens is 1. The van der Waals surface area contributed by atoms with Crippen molar-refractivity contribution in [3.63, 3.8) is 0 Å². The van der Waals surface area contributed by atoms with Crippen LogP contribution in [0.25, 0.3) is 0 Å². The Morgan fingerprint density at radius 1 is 1.46 bits per heavy atom. The van der Waals surface area contributed by atoms with Gasteiger partial charge in [-0.2, -0.15) is 0 Å². The Morgan fingerprint density at radius 2 is 2.29 bits per heavy atom. The van der Waals surface area contributed by atoms with Gasteiger partial charge in [-0.05, 0) is 50.3 Å². The molecule has 1 aliphatic heterocycles. The van der Waals surface area contributed by atoms with Crippen molar-refractivity contribution in [2.45, 2.75) is 56.7 Å². The third-order valence-corrected chi connectivity index (χ3v) is 5.77. The minimum Gasteiger partial charge on any atom is -0.376 e. The highest BCUT2D eigenvalue weighted by Gasteiger charge is 2.39. The van der Waals surface area contributed by atoms with E-state index in [-0.39, 0.29) is 17.4 Å². The van der Waals surface area contributed by atoms with Crippen molar-refractivity contribution in [1.29, 1.82) is 0 Å². The van der Waals surface area contributed by atoms with Gasteiger partial charge in [-0.1, -0.05) is 34.5 Å². The molecule has 0 radical (unpaired) electrons. The molecule has 0 bridgehead atoms. The molecule has 1 aromatic rings. The molecule has 0 aromatic heterocycles. The van der Waals surface area contributed by atoms with E-state index >= 15 is 0 Å². The van der Waals surface area contributed by atoms with E-state index in [4.69, 9.17) is 9.47 Å². The summed E-state index contributed by atoms with van der Waals surface area (Å²) in [5, 5.41) is 3.10. The minimum absolute atomic E-state index is 0.0331. The van der Waals surface area contributed by atoms with Gasteiger partial charge >= 0.3 is 0 Å². The summed E-state index contributed by atoms with van der Waals surface area (Å²) in [5.74, 6) is -0.0331. The Morgan fingerprint density at radius 3 is 2.92 bits per heavy atom. The standard InChI is InChI=1S/C19H26BrNO3/c1-14(24-12-17-7-3-10-23-17)18(22)21-13-19(8-4-9-19)15-5-2-6-16(20)11-15/h2,5-6,11,14,17H,3-4,7-10,12-13H2,1H3,(H,21,22). The number of benzene rings is 1. The van der Waals surface area contributed by atoms with Gasteiger partial charge in [0.05, 0.1) is 12.7 Å². The summed E-state index contributed by atoms with van der Waals surface area (Å²) in [6.07, 6.45) is 5.29. The third-order valence-electron chi connectivity index (χ3n) is 5.27. The molecular formula is C19H26BrNO3. The molecule has 2 aliphatic rings. The van der Waals surface area contributed by atoms with E-state index in [1.54, 1.807) is 0 Å². The predicted molar refractivity (Wildman–Crippen MR) is 97.1 cm³/mol. The van der Waals surface area contributed by atoms with E-state index in [2.05, 4.69) is 39.4 Å². The van der Waals surface area contributed by atoms with E-state index in [1.165, 1.54) is 12.0 Å². The molecule has 2 unspecified atom stereocenters. The summed E-state index contributed by atoms with van der Waals surface area (Å²) in [5.41, 5.74) is 1.38. The summed E-state index contributed by atoms with van der Waals surface area (Å²) in [4.78, 5) is 12.3. The van der Waals surface area contributed by atoms with Crippen LogP contribution in [0.4, 0.5) is 0 Å². The molecule has 2 fully saturated rings. The highest BCUT2D eigenvalue weighted by Crippen LogP contribution is 2.43. The van der Waals surface area contributed by atoms with Gasteiger partial charge in [-0.15, -0.1) is 0 Å². The van der Waals surface area contributed by atoms with Gasteiger partial charge in [0, 0.05) is 23.0 Å². The molecule has 2 atom stereocenters. The lowest BCUT2D eigenvalue weighted by atomic mass is 9.64. The number of hydrogen-bond donors (Lipinski definition) is 1. The van der Waals surface area contributed by atoms with Crippen LogP contribution >= 0.6 is 15.9 Å². The topological polar surface area (TPSA) is 47.6 Å². The Labute approximate surface area is 152 Å². The van der Waals surface area contributed by atoms with Gasteiger partial charge in [0.15, 0.2) is 0 Å². The summed E-state index contributed by atoms with van der Waals surface area (Å²) in [7, 11) is 0. The summed E-state index contributed by atoms with van der Waals surface area (Å²) in [6, 6.07) is 8.43. The SMILES string of the molecule is CC(OCC1CCCO1)C(=O)NCC1(c2cccc(Br)c2)CCC1. The first kappa shape index (κ1) is 17.9. The van der Waals surface area contributed by atoms with E-state index in [1.807, 2.05) is 13.0 Å². The Kier molecular flexibility index (Phi) is 5.95. The van der Waals surface area contributed by atoms with Crippen molar-refractivity contribution < 1.29 is 14.3 Å². The Hall–Kier alpha value is -0.910. The van der Waals surface area contributed by atoms with Gasteiger partial charge in [-0.25, -0.2) is 0 Å². The molecule has 5 heteroatoms. The van der Waals surface area contributed by atoms with E-state index in [9.17, 15) is 4.79 Å². The zero-order valence-corrected chi connectivity index (χ0v) is 15.8. The van der Waals surface area contributed by atoms with Gasteiger partial charge in [0.25, 0.3) is 0 Å². The van der Waals surface area contributed by atoms with Crippen molar-refractivity contribution in [3.8, 4) is 0 Å². The second-order valence-corrected chi connectivity index (χ2v) is 7.89. The van der Waals surface area contributed by atoms with Gasteiger partial charge in [0.2, 0.25) is 5.91 Å². The van der Waals surface area contributed by atoms with Crippen LogP contribution in [0.5, 0.6) is 0 Å². The maximum absolute atomic E-state index is 12.3. The van der Waals surface area contributed by atoms with E-state index in [0.29, 0.717) is 13.2 Å². The number of ether oxygens (including phenoxy) is 2. The van der Waals surface area contributed by atoms with Gasteiger partial charge in [0.1, 0.15) is 6.10 Å². The van der Waals surface area contributed by atoms with Crippen LogP contribution in [0.1, 0.15) is 44.6 Å². The number of nitrogens with one attached hydrogen (secondary N) is 1. The zero-order chi connectivity index (χ0) is 17.0. The largest absolute Gasteiger partial charge is 0.376 e. The molecule has 1 amide bonds. The molecule has 132 valence electrons. The van der Waals surface area contributed by atoms with Crippen LogP contribution in [0, 0.1) is 0 Å². The first-order valence-corrected chi connectivity index (χ1v) is 9.65. The summed E-state index contributed by atoms with van der Waals surface area (Å²) >= 11 is 3.54. The summed E-state index contributed by atoms with van der Waals surface area (Å²) in [6.45, 7) is 3.81. The lowest BCUT2D eigenvalue weighted by Gasteiger charge is -2.43. The zero-order valence-electron chi connectivity index (χ0n) is 14.2. The molecule has 1 saturated heterocycles. The number of rotatable bonds is 7. The van der Waals surface area contributed by atoms with Crippen molar-refractivity contribution in [2.24, 2.45) is 0 Å². The predicted octanol–water partition coefficient (Wildman–Crippen LogP) is 3.57. The first-order valence-electron chi connectivity index (χ1n) is 8.86. The number of hydrogen-bond acceptors (Lipinski definition) is 3. The molecule has 0 spiro atoms. The lowest BCUT2D eigenvalue weighted by molar-refractivity contribution is -0.134. The molecule has 1 aliphatic carbocycles. The van der Waals surface area contributed by atoms with Crippen LogP contribution in [0.2, 0.25) is 0 Å². The fourth-order valence-corrected chi connectivity index (χ4v) is 3.89. The molecule has 24 heavy (non-hydrogen) atoms. The van der Waals surface area contributed by atoms with Crippen molar-refractivity contribution in [2.75, 3.05) is 19.8 Å². The highest BCUT2D eigenvalue weighted by atomic mass is 79.9. The summed E-state index contributed by atoms with van der Waals surface area (Å²) < 4.78 is 12.3. The minimum atomic E-state index is -0.436. The third kappa shape index (κ3) is 4.19. The van der Waals surface area contributed by atoms with Crippen molar-refractivity contribution in [1.82, 2.24) is 5.32 Å². The fourth-order valence-electron chi connectivity index (χ4n) is 3.49. The molecule has 3 rings (SSSR count). The van der Waals surface area contributed by atoms with Gasteiger partial charge in [-0.3, -0.25) is 4.79 Å². The van der Waals surface area contributed by atoms with E-state index in [0.717, 1.165) is 36.8 Å². The van der Waals surface area contributed by atoms with Crippen LogP contribution < -0.4 is 5.32 Å². The lowest BCUT2D eigenvalue weighted by Crippen LogP contribution is -2.48. The van der Waals surface area contributed by atoms with E-state index < -0.39 is 6.10 Å². The highest BCUT2D eigenvalue weighted by molar-refractivity contribution is 9.10. The molecule has 1 saturated carbocycles. The molecule has 1 N–H and O–H groups in total. The fraction of sp³-hybridized carbons (Fsp3) is 0.632. The maximum atomic E-state index is 12.3. The maximum Gasteiger partial charge on any atom is 0.248 e. The number of carbonyl (C=O) groups excluding carboxylic acids is 1. The van der Waals surface area contributed by atoms with Crippen molar-refractivity contribution >= 4 is 21.8 Å². The molecule has 1 aromatic carbocycles. The van der Waals surface area contributed by atoms with Crippen LogP contribution in [-0.2, 0) is 19.7 Å². The van der Waals surface area contributed by atoms with Crippen LogP contribution in [-0.4, -0.2) is 37.9 Å². The smallest absolute Gasteiger partial charge is 0.248 e. The quantitative estimate of drug-likeness (QED) is 0.767. The van der Waals surface area contributed by atoms with Crippen LogP contribution in [0.15, 0.2) is 28.7 Å². The monoisotopic (exact) mass is 395 g/mol. The first-order chi connectivity index (χ1) is 11.6. The molecule has 1 heterocycles. The average molecular weight is 396 g/mol. The Balaban J connectivity index is 1.50. The van der Waals surface area contributed by atoms with Gasteiger partial charge < -0.3 is 14.8 Å². The van der Waals surface area contributed by atoms with Crippen LogP contribution in [0.3, 0.4) is 0 Å².